The van der Waals surface area contributed by atoms with Crippen LogP contribution in [0.2, 0.25) is 0 Å². The molecule has 1 atom stereocenters. The third kappa shape index (κ3) is 4.35. The lowest BCUT2D eigenvalue weighted by Crippen LogP contribution is -2.47. The first-order chi connectivity index (χ1) is 15.2. The van der Waals surface area contributed by atoms with E-state index in [0.29, 0.717) is 23.4 Å². The van der Waals surface area contributed by atoms with Gasteiger partial charge in [-0.25, -0.2) is 8.78 Å². The first-order valence-corrected chi connectivity index (χ1v) is 8.98. The van der Waals surface area contributed by atoms with Crippen molar-refractivity contribution in [2.45, 2.75) is 11.5 Å². The summed E-state index contributed by atoms with van der Waals surface area (Å²) in [5.74, 6) is -1.31. The average molecular weight is 445 g/mol. The Bertz CT molecular complexity index is 1160. The number of pyridine rings is 1. The van der Waals surface area contributed by atoms with Crippen molar-refractivity contribution in [3.63, 3.8) is 0 Å². The molecule has 0 spiro atoms. The van der Waals surface area contributed by atoms with Crippen LogP contribution < -0.4 is 10.6 Å². The molecule has 1 unspecified atom stereocenters. The van der Waals surface area contributed by atoms with Crippen molar-refractivity contribution < 1.29 is 27.4 Å². The van der Waals surface area contributed by atoms with Crippen molar-refractivity contribution in [3.8, 4) is 17.6 Å². The Morgan fingerprint density at radius 3 is 2.31 bits per heavy atom. The van der Waals surface area contributed by atoms with Gasteiger partial charge in [0, 0.05) is 11.6 Å². The molecule has 1 heterocycles. The van der Waals surface area contributed by atoms with Gasteiger partial charge in [-0.15, -0.1) is 0 Å². The smallest absolute Gasteiger partial charge is 0.323 e. The largest absolute Gasteiger partial charge is 0.456 e. The Labute approximate surface area is 179 Å². The molecule has 0 aliphatic rings. The van der Waals surface area contributed by atoms with E-state index in [1.54, 1.807) is 0 Å². The molecule has 0 bridgehead atoms. The predicted molar refractivity (Wildman–Crippen MR) is 104 cm³/mol. The van der Waals surface area contributed by atoms with Gasteiger partial charge in [0.05, 0.1) is 17.8 Å². The second-order valence-electron chi connectivity index (χ2n) is 6.59. The summed E-state index contributed by atoms with van der Waals surface area (Å²) in [6.07, 6.45) is 0.980. The number of alkyl halides is 2. The molecule has 7 nitrogen and oxygen atoms in total. The highest BCUT2D eigenvalue weighted by molar-refractivity contribution is 5.38. The number of halogens is 4. The van der Waals surface area contributed by atoms with Gasteiger partial charge < -0.3 is 15.7 Å². The number of nitrogens with zero attached hydrogens (tertiary/aromatic N) is 4. The van der Waals surface area contributed by atoms with Gasteiger partial charge in [0.15, 0.2) is 5.60 Å². The highest BCUT2D eigenvalue weighted by Gasteiger charge is 2.57. The maximum absolute atomic E-state index is 15.3. The molecule has 3 rings (SSSR count). The summed E-state index contributed by atoms with van der Waals surface area (Å²) in [7, 11) is 0. The summed E-state index contributed by atoms with van der Waals surface area (Å²) in [6.45, 7) is -1.12. The number of ether oxygens (including phenoxy) is 1. The summed E-state index contributed by atoms with van der Waals surface area (Å²) in [5, 5.41) is 25.7. The summed E-state index contributed by atoms with van der Waals surface area (Å²) in [6, 6.07) is 11.8. The minimum Gasteiger partial charge on any atom is -0.456 e. The van der Waals surface area contributed by atoms with Crippen LogP contribution >= 0.6 is 0 Å². The fourth-order valence-electron chi connectivity index (χ4n) is 2.89. The Hall–Kier alpha value is -4.04. The van der Waals surface area contributed by atoms with Gasteiger partial charge in [0.2, 0.25) is 0 Å². The molecule has 0 saturated carbocycles. The fourth-order valence-corrected chi connectivity index (χ4v) is 2.89. The van der Waals surface area contributed by atoms with Crippen LogP contribution in [0, 0.1) is 23.0 Å². The number of hydrogen-bond donors (Lipinski definition) is 2. The Morgan fingerprint density at radius 2 is 1.75 bits per heavy atom. The maximum Gasteiger partial charge on any atom is 0.323 e. The zero-order valence-electron chi connectivity index (χ0n) is 16.2. The Balaban J connectivity index is 1.94. The van der Waals surface area contributed by atoms with Gasteiger partial charge in [-0.3, -0.25) is 4.98 Å². The van der Waals surface area contributed by atoms with Crippen molar-refractivity contribution in [2.24, 2.45) is 16.2 Å². The maximum atomic E-state index is 15.3. The molecule has 164 valence electrons. The third-order valence-electron chi connectivity index (χ3n) is 4.55. The number of hydrogen-bond acceptors (Lipinski definition) is 6. The minimum atomic E-state index is -4.19. The standard InChI is InChI=1S/C21H15F4N5O2/c22-14-3-7-17(18(23)9-14)20(31,12-29-30-27)21(24,25)19-8-6-16(11-28-19)32-15-4-1-13(10-26)2-5-15/h1-9,11,31H,12H2,(H2,27,29). The van der Waals surface area contributed by atoms with E-state index in [9.17, 15) is 13.9 Å². The molecule has 0 radical (unpaired) electrons. The van der Waals surface area contributed by atoms with Crippen molar-refractivity contribution in [1.29, 1.82) is 5.26 Å². The molecule has 0 aliphatic carbocycles. The van der Waals surface area contributed by atoms with Gasteiger partial charge in [-0.1, -0.05) is 5.22 Å². The SMILES string of the molecule is N#Cc1ccc(Oc2ccc(C(F)(F)C(O)(CN=NN)c3ccc(F)cc3F)nc2)cc1. The van der Waals surface area contributed by atoms with Crippen LogP contribution in [0.3, 0.4) is 0 Å². The van der Waals surface area contributed by atoms with E-state index in [1.165, 1.54) is 30.3 Å². The average Bonchev–Trinajstić information content (AvgIpc) is 2.78. The normalized spacial score (nSPS) is 13.5. The number of aliphatic hydroxyl groups is 1. The van der Waals surface area contributed by atoms with E-state index >= 15 is 8.78 Å². The molecular weight excluding hydrogens is 430 g/mol. The molecule has 32 heavy (non-hydrogen) atoms. The van der Waals surface area contributed by atoms with Crippen molar-refractivity contribution in [3.05, 3.63) is 89.2 Å². The van der Waals surface area contributed by atoms with Gasteiger partial charge >= 0.3 is 5.92 Å². The molecule has 3 aromatic rings. The third-order valence-corrected chi connectivity index (χ3v) is 4.55. The highest BCUT2D eigenvalue weighted by atomic mass is 19.3. The Kier molecular flexibility index (Phi) is 6.36. The van der Waals surface area contributed by atoms with Gasteiger partial charge in [-0.2, -0.15) is 19.2 Å². The van der Waals surface area contributed by atoms with Crippen LogP contribution in [0.25, 0.3) is 0 Å². The van der Waals surface area contributed by atoms with Crippen LogP contribution in [0.1, 0.15) is 16.8 Å². The lowest BCUT2D eigenvalue weighted by Gasteiger charge is -2.34. The van der Waals surface area contributed by atoms with Gasteiger partial charge in [-0.05, 0) is 48.5 Å². The van der Waals surface area contributed by atoms with Crippen LogP contribution in [0.15, 0.2) is 71.1 Å². The van der Waals surface area contributed by atoms with Crippen molar-refractivity contribution in [1.82, 2.24) is 4.98 Å². The summed E-state index contributed by atoms with van der Waals surface area (Å²) in [5.41, 5.74) is -4.69. The number of benzene rings is 2. The summed E-state index contributed by atoms with van der Waals surface area (Å²) < 4.78 is 63.7. The Morgan fingerprint density at radius 1 is 1.06 bits per heavy atom. The summed E-state index contributed by atoms with van der Waals surface area (Å²) in [4.78, 5) is 3.64. The lowest BCUT2D eigenvalue weighted by atomic mass is 9.84. The van der Waals surface area contributed by atoms with E-state index in [4.69, 9.17) is 15.8 Å². The quantitative estimate of drug-likeness (QED) is 0.243. The number of aromatic nitrogens is 1. The fraction of sp³-hybridized carbons (Fsp3) is 0.143. The van der Waals surface area contributed by atoms with E-state index < -0.39 is 41.0 Å². The molecule has 0 aliphatic heterocycles. The molecule has 2 aromatic carbocycles. The molecule has 3 N–H and O–H groups in total. The van der Waals surface area contributed by atoms with Crippen LogP contribution in [0.4, 0.5) is 17.6 Å². The first kappa shape index (κ1) is 22.6. The number of nitriles is 1. The minimum absolute atomic E-state index is 0.0902. The number of nitrogens with two attached hydrogens (primary N) is 1. The molecule has 0 fully saturated rings. The van der Waals surface area contributed by atoms with E-state index in [0.717, 1.165) is 18.3 Å². The van der Waals surface area contributed by atoms with Crippen LogP contribution in [0.5, 0.6) is 11.5 Å². The van der Waals surface area contributed by atoms with Crippen LogP contribution in [-0.4, -0.2) is 16.6 Å². The molecule has 11 heteroatoms. The monoisotopic (exact) mass is 445 g/mol. The summed E-state index contributed by atoms with van der Waals surface area (Å²) >= 11 is 0. The van der Waals surface area contributed by atoms with E-state index in [1.807, 2.05) is 6.07 Å². The topological polar surface area (TPSA) is 117 Å². The van der Waals surface area contributed by atoms with Crippen LogP contribution in [-0.2, 0) is 11.5 Å². The molecule has 0 saturated heterocycles. The van der Waals surface area contributed by atoms with Gasteiger partial charge in [0.1, 0.15) is 35.4 Å². The first-order valence-electron chi connectivity index (χ1n) is 8.98. The molecule has 1 aromatic heterocycles. The van der Waals surface area contributed by atoms with Gasteiger partial charge in [0.25, 0.3) is 0 Å². The second-order valence-corrected chi connectivity index (χ2v) is 6.59. The van der Waals surface area contributed by atoms with E-state index in [-0.39, 0.29) is 5.75 Å². The molecule has 0 amide bonds. The van der Waals surface area contributed by atoms with E-state index in [2.05, 4.69) is 15.3 Å². The second kappa shape index (κ2) is 8.99. The highest BCUT2D eigenvalue weighted by Crippen LogP contribution is 2.46. The van der Waals surface area contributed by atoms with Crippen molar-refractivity contribution in [2.75, 3.05) is 6.54 Å². The molecular formula is C21H15F4N5O2. The zero-order valence-corrected chi connectivity index (χ0v) is 16.2. The zero-order chi connectivity index (χ0) is 23.4. The number of rotatable bonds is 7. The predicted octanol–water partition coefficient (Wildman–Crippen LogP) is 4.33. The lowest BCUT2D eigenvalue weighted by molar-refractivity contribution is -0.193. The van der Waals surface area contributed by atoms with Crippen molar-refractivity contribution >= 4 is 0 Å².